The number of rotatable bonds is 2. The van der Waals surface area contributed by atoms with Crippen LogP contribution in [0.1, 0.15) is 17.4 Å². The molecular formula is C6H7N7O2. The fraction of sp³-hybridized carbons (Fsp3) is 0.333. The molecule has 0 spiro atoms. The maximum absolute atomic E-state index is 11.3. The highest BCUT2D eigenvalue weighted by atomic mass is 16.5. The molecule has 0 bridgehead atoms. The highest BCUT2D eigenvalue weighted by Crippen LogP contribution is 2.08. The quantitative estimate of drug-likeness (QED) is 0.604. The lowest BCUT2D eigenvalue weighted by Gasteiger charge is -2.02. The Kier molecular flexibility index (Phi) is 2.12. The number of anilines is 1. The van der Waals surface area contributed by atoms with Crippen molar-refractivity contribution in [1.82, 2.24) is 30.2 Å². The monoisotopic (exact) mass is 209 g/mol. The number of nitrogens with zero attached hydrogens (tertiary/aromatic N) is 6. The third-order valence-electron chi connectivity index (χ3n) is 1.63. The summed E-state index contributed by atoms with van der Waals surface area (Å²) in [7, 11) is 0. The zero-order chi connectivity index (χ0) is 10.8. The number of fused-ring (bicyclic) bond motifs is 1. The van der Waals surface area contributed by atoms with Gasteiger partial charge in [0, 0.05) is 0 Å². The number of nitrogens with two attached hydrogens (primary N) is 1. The average Bonchev–Trinajstić information content (AvgIpc) is 2.67. The van der Waals surface area contributed by atoms with Crippen molar-refractivity contribution in [3.8, 4) is 0 Å². The van der Waals surface area contributed by atoms with E-state index in [9.17, 15) is 4.79 Å². The minimum atomic E-state index is -0.653. The van der Waals surface area contributed by atoms with Gasteiger partial charge >= 0.3 is 5.97 Å². The fourth-order valence-electron chi connectivity index (χ4n) is 0.992. The van der Waals surface area contributed by atoms with Crippen molar-refractivity contribution < 1.29 is 9.53 Å². The lowest BCUT2D eigenvalue weighted by atomic mass is 10.4. The molecule has 2 aromatic heterocycles. The number of carbonyl (C=O) groups excluding carboxylic acids is 1. The molecule has 78 valence electrons. The molecule has 15 heavy (non-hydrogen) atoms. The van der Waals surface area contributed by atoms with Crippen molar-refractivity contribution in [2.45, 2.75) is 6.92 Å². The number of tetrazole rings is 1. The van der Waals surface area contributed by atoms with Gasteiger partial charge in [-0.1, -0.05) is 5.10 Å². The van der Waals surface area contributed by atoms with E-state index in [0.717, 1.165) is 4.52 Å². The van der Waals surface area contributed by atoms with E-state index in [4.69, 9.17) is 10.5 Å². The van der Waals surface area contributed by atoms with Crippen molar-refractivity contribution in [1.29, 1.82) is 0 Å². The molecule has 0 fully saturated rings. The molecule has 0 saturated heterocycles. The number of aromatic nitrogens is 6. The van der Waals surface area contributed by atoms with Crippen LogP contribution < -0.4 is 5.73 Å². The van der Waals surface area contributed by atoms with Crippen LogP contribution in [-0.2, 0) is 4.74 Å². The molecule has 0 aromatic carbocycles. The maximum Gasteiger partial charge on any atom is 0.362 e. The molecule has 0 radical (unpaired) electrons. The Hall–Kier alpha value is -2.32. The zero-order valence-electron chi connectivity index (χ0n) is 7.78. The van der Waals surface area contributed by atoms with Crippen molar-refractivity contribution in [2.75, 3.05) is 12.3 Å². The maximum atomic E-state index is 11.3. The molecule has 0 saturated carbocycles. The van der Waals surface area contributed by atoms with Crippen LogP contribution in [0.4, 0.5) is 5.82 Å². The van der Waals surface area contributed by atoms with Gasteiger partial charge in [0.05, 0.1) is 6.61 Å². The molecule has 2 aromatic rings. The van der Waals surface area contributed by atoms with Gasteiger partial charge < -0.3 is 10.5 Å². The number of hydrogen-bond acceptors (Lipinski definition) is 8. The number of ether oxygens (including phenoxy) is 1. The summed E-state index contributed by atoms with van der Waals surface area (Å²) in [4.78, 5) is 11.3. The van der Waals surface area contributed by atoms with Crippen LogP contribution in [0.15, 0.2) is 0 Å². The Morgan fingerprint density at radius 2 is 2.27 bits per heavy atom. The fourth-order valence-corrected chi connectivity index (χ4v) is 0.992. The van der Waals surface area contributed by atoms with Gasteiger partial charge in [-0.15, -0.1) is 10.2 Å². The summed E-state index contributed by atoms with van der Waals surface area (Å²) in [5.41, 5.74) is 5.51. The second-order valence-electron chi connectivity index (χ2n) is 2.55. The SMILES string of the molecule is CCOC(=O)c1nnc2nnnn2c1N. The Bertz CT molecular complexity index is 507. The van der Waals surface area contributed by atoms with Crippen LogP contribution in [0.3, 0.4) is 0 Å². The van der Waals surface area contributed by atoms with Gasteiger partial charge in [-0.3, -0.25) is 0 Å². The Balaban J connectivity index is 2.52. The molecule has 0 unspecified atom stereocenters. The predicted molar refractivity (Wildman–Crippen MR) is 46.7 cm³/mol. The van der Waals surface area contributed by atoms with Gasteiger partial charge in [-0.05, 0) is 17.4 Å². The first-order valence-electron chi connectivity index (χ1n) is 4.11. The van der Waals surface area contributed by atoms with Crippen LogP contribution in [0.25, 0.3) is 5.78 Å². The minimum absolute atomic E-state index is 0.00319. The molecule has 9 nitrogen and oxygen atoms in total. The number of nitrogen functional groups attached to an aromatic ring is 1. The lowest BCUT2D eigenvalue weighted by molar-refractivity contribution is 0.0519. The molecule has 0 aliphatic heterocycles. The third kappa shape index (κ3) is 1.43. The first-order valence-corrected chi connectivity index (χ1v) is 4.11. The van der Waals surface area contributed by atoms with Gasteiger partial charge in [0.25, 0.3) is 5.78 Å². The number of esters is 1. The lowest BCUT2D eigenvalue weighted by Crippen LogP contribution is -2.15. The Morgan fingerprint density at radius 3 is 3.00 bits per heavy atom. The summed E-state index contributed by atoms with van der Waals surface area (Å²) in [6.07, 6.45) is 0. The minimum Gasteiger partial charge on any atom is -0.461 e. The second kappa shape index (κ2) is 3.44. The molecule has 2 rings (SSSR count). The smallest absolute Gasteiger partial charge is 0.362 e. The van der Waals surface area contributed by atoms with E-state index in [1.807, 2.05) is 0 Å². The number of hydrogen-bond donors (Lipinski definition) is 1. The molecule has 0 aliphatic rings. The molecular weight excluding hydrogens is 202 g/mol. The van der Waals surface area contributed by atoms with Gasteiger partial charge in [0.1, 0.15) is 0 Å². The third-order valence-corrected chi connectivity index (χ3v) is 1.63. The van der Waals surface area contributed by atoms with Crippen molar-refractivity contribution >= 4 is 17.6 Å². The summed E-state index contributed by atoms with van der Waals surface area (Å²) in [5, 5.41) is 17.6. The highest BCUT2D eigenvalue weighted by molar-refractivity contribution is 5.91. The Labute approximate surface area is 83.2 Å². The van der Waals surface area contributed by atoms with E-state index in [1.54, 1.807) is 6.92 Å². The summed E-state index contributed by atoms with van der Waals surface area (Å²) in [5.74, 6) is -0.524. The normalized spacial score (nSPS) is 10.5. The van der Waals surface area contributed by atoms with Crippen molar-refractivity contribution in [2.24, 2.45) is 0 Å². The molecule has 9 heteroatoms. The first kappa shape index (κ1) is 9.24. The standard InChI is InChI=1S/C6H7N7O2/c1-2-15-5(14)3-4(7)13-6(9-8-3)10-11-12-13/h2,7H2,1H3. The summed E-state index contributed by atoms with van der Waals surface area (Å²) in [6.45, 7) is 1.91. The second-order valence-corrected chi connectivity index (χ2v) is 2.55. The van der Waals surface area contributed by atoms with Crippen LogP contribution in [-0.4, -0.2) is 42.8 Å². The van der Waals surface area contributed by atoms with Crippen molar-refractivity contribution in [3.05, 3.63) is 5.69 Å². The average molecular weight is 209 g/mol. The Morgan fingerprint density at radius 1 is 1.47 bits per heavy atom. The highest BCUT2D eigenvalue weighted by Gasteiger charge is 2.17. The van der Waals surface area contributed by atoms with E-state index in [1.165, 1.54) is 0 Å². The molecule has 0 amide bonds. The van der Waals surface area contributed by atoms with Crippen LogP contribution in [0, 0.1) is 0 Å². The number of carbonyl (C=O) groups is 1. The van der Waals surface area contributed by atoms with E-state index in [-0.39, 0.29) is 23.9 Å². The van der Waals surface area contributed by atoms with Gasteiger partial charge in [-0.2, -0.15) is 4.52 Å². The van der Waals surface area contributed by atoms with Crippen molar-refractivity contribution in [3.63, 3.8) is 0 Å². The van der Waals surface area contributed by atoms with E-state index >= 15 is 0 Å². The first-order chi connectivity index (χ1) is 7.24. The summed E-state index contributed by atoms with van der Waals surface area (Å²) >= 11 is 0. The van der Waals surface area contributed by atoms with E-state index < -0.39 is 5.97 Å². The summed E-state index contributed by atoms with van der Waals surface area (Å²) < 4.78 is 5.84. The predicted octanol–water partition coefficient (Wildman–Crippen LogP) is -1.33. The topological polar surface area (TPSA) is 121 Å². The van der Waals surface area contributed by atoms with Gasteiger partial charge in [0.2, 0.25) is 5.69 Å². The molecule has 2 heterocycles. The van der Waals surface area contributed by atoms with Crippen LogP contribution in [0.5, 0.6) is 0 Å². The van der Waals surface area contributed by atoms with Gasteiger partial charge in [-0.25, -0.2) is 4.79 Å². The molecule has 0 atom stereocenters. The van der Waals surface area contributed by atoms with Crippen LogP contribution >= 0.6 is 0 Å². The van der Waals surface area contributed by atoms with Gasteiger partial charge in [0.15, 0.2) is 5.82 Å². The largest absolute Gasteiger partial charge is 0.461 e. The molecule has 2 N–H and O–H groups in total. The summed E-state index contributed by atoms with van der Waals surface area (Å²) in [6, 6.07) is 0. The van der Waals surface area contributed by atoms with E-state index in [2.05, 4.69) is 25.7 Å². The zero-order valence-corrected chi connectivity index (χ0v) is 7.78. The van der Waals surface area contributed by atoms with Crippen LogP contribution in [0.2, 0.25) is 0 Å². The molecule has 0 aliphatic carbocycles. The van der Waals surface area contributed by atoms with E-state index in [0.29, 0.717) is 0 Å².